The van der Waals surface area contributed by atoms with Crippen molar-refractivity contribution in [2.24, 2.45) is 0 Å². The van der Waals surface area contributed by atoms with Crippen LogP contribution in [0.25, 0.3) is 0 Å². The van der Waals surface area contributed by atoms with Gasteiger partial charge in [-0.15, -0.1) is 0 Å². The van der Waals surface area contributed by atoms with E-state index in [0.29, 0.717) is 25.7 Å². The molecule has 4 nitrogen and oxygen atoms in total. The van der Waals surface area contributed by atoms with Gasteiger partial charge < -0.3 is 14.7 Å². The summed E-state index contributed by atoms with van der Waals surface area (Å²) in [5.74, 6) is 0. The summed E-state index contributed by atoms with van der Waals surface area (Å²) < 4.78 is 5.70. The van der Waals surface area contributed by atoms with Crippen LogP contribution in [-0.2, 0) is 24.2 Å². The van der Waals surface area contributed by atoms with Crippen molar-refractivity contribution in [3.05, 3.63) is 108 Å². The van der Waals surface area contributed by atoms with Crippen molar-refractivity contribution < 1.29 is 14.6 Å². The minimum absolute atomic E-state index is 0.130. The van der Waals surface area contributed by atoms with Crippen LogP contribution < -0.4 is 0 Å². The lowest BCUT2D eigenvalue weighted by molar-refractivity contribution is -0.0652. The number of carbonyl (C=O) groups is 1. The van der Waals surface area contributed by atoms with Gasteiger partial charge in [0.1, 0.15) is 6.61 Å². The fraction of sp³-hybridized carbons (Fsp3) is 0.321. The van der Waals surface area contributed by atoms with Gasteiger partial charge in [-0.2, -0.15) is 0 Å². The van der Waals surface area contributed by atoms with Crippen LogP contribution in [-0.4, -0.2) is 33.8 Å². The van der Waals surface area contributed by atoms with E-state index >= 15 is 0 Å². The Morgan fingerprint density at radius 2 is 1.41 bits per heavy atom. The van der Waals surface area contributed by atoms with Crippen molar-refractivity contribution in [3.8, 4) is 0 Å². The highest BCUT2D eigenvalue weighted by molar-refractivity contribution is 5.69. The number of likely N-dealkylation sites (tertiary alicyclic amines) is 1. The fourth-order valence-electron chi connectivity index (χ4n) is 4.93. The van der Waals surface area contributed by atoms with E-state index in [9.17, 15) is 9.90 Å². The Kier molecular flexibility index (Phi) is 6.91. The summed E-state index contributed by atoms with van der Waals surface area (Å²) in [5, 5.41) is 11.6. The Bertz CT molecular complexity index is 993. The van der Waals surface area contributed by atoms with Gasteiger partial charge in [-0.05, 0) is 42.9 Å². The van der Waals surface area contributed by atoms with Crippen LogP contribution in [0.1, 0.15) is 36.5 Å². The molecule has 0 spiro atoms. The maximum atomic E-state index is 13.2. The molecule has 4 rings (SSSR count). The zero-order valence-electron chi connectivity index (χ0n) is 18.6. The van der Waals surface area contributed by atoms with Gasteiger partial charge >= 0.3 is 6.09 Å². The molecule has 1 aliphatic heterocycles. The van der Waals surface area contributed by atoms with Crippen molar-refractivity contribution >= 4 is 6.09 Å². The molecule has 1 amide bonds. The van der Waals surface area contributed by atoms with Gasteiger partial charge in [0.05, 0.1) is 5.60 Å². The fourth-order valence-corrected chi connectivity index (χ4v) is 4.93. The zero-order chi connectivity index (χ0) is 22.4. The van der Waals surface area contributed by atoms with Crippen LogP contribution in [0.2, 0.25) is 0 Å². The first-order chi connectivity index (χ1) is 15.5. The Morgan fingerprint density at radius 3 is 2.00 bits per heavy atom. The van der Waals surface area contributed by atoms with E-state index in [0.717, 1.165) is 16.7 Å². The van der Waals surface area contributed by atoms with Gasteiger partial charge in [0.2, 0.25) is 0 Å². The second-order valence-electron chi connectivity index (χ2n) is 8.93. The number of aliphatic hydroxyl groups is 1. The van der Waals surface area contributed by atoms with Gasteiger partial charge in [-0.1, -0.05) is 91.0 Å². The molecule has 166 valence electrons. The Balaban J connectivity index is 1.53. The van der Waals surface area contributed by atoms with Crippen molar-refractivity contribution in [2.45, 2.75) is 56.9 Å². The topological polar surface area (TPSA) is 49.8 Å². The highest BCUT2D eigenvalue weighted by Gasteiger charge is 2.44. The lowest BCUT2D eigenvalue weighted by Gasteiger charge is -2.47. The maximum absolute atomic E-state index is 13.2. The molecule has 1 N–H and O–H groups in total. The van der Waals surface area contributed by atoms with Gasteiger partial charge in [-0.25, -0.2) is 4.79 Å². The molecule has 4 heteroatoms. The molecule has 3 aromatic carbocycles. The van der Waals surface area contributed by atoms with Gasteiger partial charge in [0.25, 0.3) is 0 Å². The molecule has 3 aromatic rings. The van der Waals surface area contributed by atoms with E-state index < -0.39 is 5.60 Å². The third kappa shape index (κ3) is 5.57. The second-order valence-corrected chi connectivity index (χ2v) is 8.93. The summed E-state index contributed by atoms with van der Waals surface area (Å²) in [4.78, 5) is 15.0. The largest absolute Gasteiger partial charge is 0.445 e. The van der Waals surface area contributed by atoms with Crippen LogP contribution in [0, 0.1) is 0 Å². The van der Waals surface area contributed by atoms with Crippen molar-refractivity contribution in [1.29, 1.82) is 0 Å². The van der Waals surface area contributed by atoms with Crippen molar-refractivity contribution in [1.82, 2.24) is 4.90 Å². The molecule has 0 saturated carbocycles. The number of rotatable bonds is 6. The average molecular weight is 430 g/mol. The predicted octanol–water partition coefficient (Wildman–Crippen LogP) is 5.39. The molecular formula is C28H31NO3. The van der Waals surface area contributed by atoms with Crippen LogP contribution in [0.3, 0.4) is 0 Å². The van der Waals surface area contributed by atoms with Gasteiger partial charge in [0, 0.05) is 18.5 Å². The number of nitrogens with zero attached hydrogens (tertiary/aromatic N) is 1. The highest BCUT2D eigenvalue weighted by Crippen LogP contribution is 2.36. The van der Waals surface area contributed by atoms with E-state index in [1.165, 1.54) is 0 Å². The second kappa shape index (κ2) is 10.0. The van der Waals surface area contributed by atoms with E-state index in [2.05, 4.69) is 24.3 Å². The first-order valence-corrected chi connectivity index (χ1v) is 11.3. The summed E-state index contributed by atoms with van der Waals surface area (Å²) in [6.07, 6.45) is 1.98. The normalized spacial score (nSPS) is 23.0. The van der Waals surface area contributed by atoms with E-state index in [1.807, 2.05) is 78.6 Å². The average Bonchev–Trinajstić information content (AvgIpc) is 2.79. The smallest absolute Gasteiger partial charge is 0.410 e. The van der Waals surface area contributed by atoms with Crippen LogP contribution in [0.15, 0.2) is 91.0 Å². The first kappa shape index (κ1) is 22.1. The lowest BCUT2D eigenvalue weighted by atomic mass is 9.77. The van der Waals surface area contributed by atoms with Crippen LogP contribution in [0.5, 0.6) is 0 Å². The highest BCUT2D eigenvalue weighted by atomic mass is 16.6. The summed E-state index contributed by atoms with van der Waals surface area (Å²) in [6, 6.07) is 29.7. The standard InChI is InChI=1S/C28H31NO3/c1-22-18-28(31,19-24-13-7-3-8-14-24)20-26(17-23-11-5-2-6-12-23)29(22)27(30)32-21-25-15-9-4-10-16-25/h2-16,22,26,31H,17-21H2,1H3/t22?,26?,28-/m1/s1. The monoisotopic (exact) mass is 429 g/mol. The SMILES string of the molecule is CC1C[C@@](O)(Cc2ccccc2)CC(Cc2ccccc2)N1C(=O)OCc1ccccc1. The lowest BCUT2D eigenvalue weighted by Crippen LogP contribution is -2.58. The molecule has 0 aliphatic carbocycles. The molecule has 1 saturated heterocycles. The maximum Gasteiger partial charge on any atom is 0.410 e. The summed E-state index contributed by atoms with van der Waals surface area (Å²) >= 11 is 0. The molecule has 0 bridgehead atoms. The Labute approximate surface area is 190 Å². The molecular weight excluding hydrogens is 398 g/mol. The molecule has 2 unspecified atom stereocenters. The van der Waals surface area contributed by atoms with Gasteiger partial charge in [-0.3, -0.25) is 0 Å². The Hall–Kier alpha value is -3.11. The molecule has 1 heterocycles. The number of hydrogen-bond acceptors (Lipinski definition) is 3. The molecule has 1 fully saturated rings. The quantitative estimate of drug-likeness (QED) is 0.571. The summed E-state index contributed by atoms with van der Waals surface area (Å²) in [5.41, 5.74) is 2.36. The number of carbonyl (C=O) groups excluding carboxylic acids is 1. The third-order valence-electron chi connectivity index (χ3n) is 6.27. The number of benzene rings is 3. The van der Waals surface area contributed by atoms with E-state index in [4.69, 9.17) is 4.74 Å². The number of amides is 1. The van der Waals surface area contributed by atoms with Crippen LogP contribution in [0.4, 0.5) is 4.79 Å². The number of ether oxygens (including phenoxy) is 1. The molecule has 0 aromatic heterocycles. The van der Waals surface area contributed by atoms with Gasteiger partial charge in [0.15, 0.2) is 0 Å². The molecule has 0 radical (unpaired) electrons. The van der Waals surface area contributed by atoms with Crippen molar-refractivity contribution in [3.63, 3.8) is 0 Å². The summed E-state index contributed by atoms with van der Waals surface area (Å²) in [6.45, 7) is 2.26. The number of hydrogen-bond donors (Lipinski definition) is 1. The molecule has 1 aliphatic rings. The zero-order valence-corrected chi connectivity index (χ0v) is 18.6. The van der Waals surface area contributed by atoms with Crippen molar-refractivity contribution in [2.75, 3.05) is 0 Å². The van der Waals surface area contributed by atoms with E-state index in [1.54, 1.807) is 0 Å². The summed E-state index contributed by atoms with van der Waals surface area (Å²) in [7, 11) is 0. The molecule has 32 heavy (non-hydrogen) atoms. The van der Waals surface area contributed by atoms with E-state index in [-0.39, 0.29) is 24.8 Å². The van der Waals surface area contributed by atoms with Crippen LogP contribution >= 0.6 is 0 Å². The first-order valence-electron chi connectivity index (χ1n) is 11.3. The third-order valence-corrected chi connectivity index (χ3v) is 6.27. The Morgan fingerprint density at radius 1 is 0.875 bits per heavy atom. The number of piperidine rings is 1. The minimum atomic E-state index is -0.865. The minimum Gasteiger partial charge on any atom is -0.445 e. The predicted molar refractivity (Wildman–Crippen MR) is 126 cm³/mol. The molecule has 3 atom stereocenters.